The van der Waals surface area contributed by atoms with Gasteiger partial charge >= 0.3 is 0 Å². The van der Waals surface area contributed by atoms with Crippen LogP contribution in [0.25, 0.3) is 10.1 Å². The summed E-state index contributed by atoms with van der Waals surface area (Å²) in [6, 6.07) is 6.68. The number of fused-ring (bicyclic) bond motifs is 1. The Morgan fingerprint density at radius 2 is 2.20 bits per heavy atom. The van der Waals surface area contributed by atoms with Crippen LogP contribution in [0.4, 0.5) is 0 Å². The van der Waals surface area contributed by atoms with Gasteiger partial charge in [-0.2, -0.15) is 0 Å². The van der Waals surface area contributed by atoms with Crippen LogP contribution in [0.15, 0.2) is 23.6 Å². The maximum Gasteiger partial charge on any atom is 0.123 e. The molecule has 2 atom stereocenters. The minimum Gasteiger partial charge on any atom is -0.496 e. The third-order valence-corrected chi connectivity index (χ3v) is 4.19. The Labute approximate surface area is 93.7 Å². The van der Waals surface area contributed by atoms with E-state index in [9.17, 15) is 0 Å². The summed E-state index contributed by atoms with van der Waals surface area (Å²) in [6.45, 7) is 2.31. The summed E-state index contributed by atoms with van der Waals surface area (Å²) >= 11 is 1.78. The average Bonchev–Trinajstić information content (AvgIpc) is 2.79. The maximum atomic E-state index is 5.48. The van der Waals surface area contributed by atoms with E-state index in [-0.39, 0.29) is 0 Å². The van der Waals surface area contributed by atoms with Gasteiger partial charge in [-0.1, -0.05) is 6.92 Å². The molecule has 0 spiro atoms. The predicted octanol–water partition coefficient (Wildman–Crippen LogP) is 4.03. The van der Waals surface area contributed by atoms with Crippen molar-refractivity contribution in [2.24, 2.45) is 5.92 Å². The molecule has 2 aromatic rings. The lowest BCUT2D eigenvalue weighted by molar-refractivity contribution is 0.410. The third kappa shape index (κ3) is 1.44. The predicted molar refractivity (Wildman–Crippen MR) is 64.9 cm³/mol. The molecule has 1 nitrogen and oxygen atoms in total. The van der Waals surface area contributed by atoms with Gasteiger partial charge in [-0.25, -0.2) is 0 Å². The first kappa shape index (κ1) is 9.22. The van der Waals surface area contributed by atoms with Crippen molar-refractivity contribution >= 4 is 21.4 Å². The second kappa shape index (κ2) is 3.24. The lowest BCUT2D eigenvalue weighted by atomic mass is 10.1. The molecule has 3 rings (SSSR count). The Balaban J connectivity index is 2.16. The van der Waals surface area contributed by atoms with Crippen LogP contribution in [0.5, 0.6) is 5.75 Å². The number of thiophene rings is 1. The Morgan fingerprint density at radius 3 is 2.87 bits per heavy atom. The highest BCUT2D eigenvalue weighted by molar-refractivity contribution is 7.17. The molecule has 0 N–H and O–H groups in total. The maximum absolute atomic E-state index is 5.48. The Morgan fingerprint density at radius 1 is 1.40 bits per heavy atom. The molecule has 15 heavy (non-hydrogen) atoms. The summed E-state index contributed by atoms with van der Waals surface area (Å²) in [6.07, 6.45) is 1.31. The highest BCUT2D eigenvalue weighted by Crippen LogP contribution is 2.51. The second-order valence-corrected chi connectivity index (χ2v) is 5.32. The zero-order chi connectivity index (χ0) is 10.4. The molecule has 1 aromatic carbocycles. The van der Waals surface area contributed by atoms with Crippen molar-refractivity contribution in [1.29, 1.82) is 0 Å². The third-order valence-electron chi connectivity index (χ3n) is 3.31. The van der Waals surface area contributed by atoms with Crippen molar-refractivity contribution in [3.05, 3.63) is 29.1 Å². The lowest BCUT2D eigenvalue weighted by Gasteiger charge is -2.08. The SMILES string of the molecule is COc1cc2sccc2cc1C1C[C@H]1C. The molecule has 1 aliphatic rings. The lowest BCUT2D eigenvalue weighted by Crippen LogP contribution is -1.90. The van der Waals surface area contributed by atoms with Crippen LogP contribution < -0.4 is 4.74 Å². The normalized spacial score (nSPS) is 24.4. The molecule has 1 saturated carbocycles. The van der Waals surface area contributed by atoms with Crippen molar-refractivity contribution in [2.45, 2.75) is 19.3 Å². The van der Waals surface area contributed by atoms with Gasteiger partial charge in [0.05, 0.1) is 7.11 Å². The van der Waals surface area contributed by atoms with Gasteiger partial charge in [-0.05, 0) is 52.8 Å². The molecule has 0 amide bonds. The van der Waals surface area contributed by atoms with Crippen molar-refractivity contribution in [1.82, 2.24) is 0 Å². The van der Waals surface area contributed by atoms with Gasteiger partial charge in [-0.15, -0.1) is 11.3 Å². The van der Waals surface area contributed by atoms with Crippen LogP contribution >= 0.6 is 11.3 Å². The molecular formula is C13H14OS. The summed E-state index contributed by atoms with van der Waals surface area (Å²) in [5.41, 5.74) is 1.40. The molecular weight excluding hydrogens is 204 g/mol. The van der Waals surface area contributed by atoms with Crippen LogP contribution in [0.3, 0.4) is 0 Å². The molecule has 1 aromatic heterocycles. The summed E-state index contributed by atoms with van der Waals surface area (Å²) in [7, 11) is 1.77. The van der Waals surface area contributed by atoms with Gasteiger partial charge in [0.15, 0.2) is 0 Å². The first-order chi connectivity index (χ1) is 7.29. The van der Waals surface area contributed by atoms with Crippen molar-refractivity contribution < 1.29 is 4.74 Å². The Kier molecular flexibility index (Phi) is 1.99. The molecule has 2 heteroatoms. The molecule has 0 radical (unpaired) electrons. The first-order valence-corrected chi connectivity index (χ1v) is 6.22. The van der Waals surface area contributed by atoms with E-state index < -0.39 is 0 Å². The number of methoxy groups -OCH3 is 1. The van der Waals surface area contributed by atoms with Crippen LogP contribution in [0, 0.1) is 5.92 Å². The summed E-state index contributed by atoms with van der Waals surface area (Å²) in [4.78, 5) is 0. The van der Waals surface area contributed by atoms with Gasteiger partial charge in [0.1, 0.15) is 5.75 Å². The molecule has 0 aliphatic heterocycles. The minimum atomic E-state index is 0.726. The van der Waals surface area contributed by atoms with E-state index in [4.69, 9.17) is 4.74 Å². The Bertz CT molecular complexity index is 500. The zero-order valence-electron chi connectivity index (χ0n) is 8.99. The van der Waals surface area contributed by atoms with E-state index in [0.717, 1.165) is 17.6 Å². The molecule has 0 bridgehead atoms. The highest BCUT2D eigenvalue weighted by Gasteiger charge is 2.36. The monoisotopic (exact) mass is 218 g/mol. The topological polar surface area (TPSA) is 9.23 Å². The first-order valence-electron chi connectivity index (χ1n) is 5.34. The molecule has 1 unspecified atom stereocenters. The fourth-order valence-corrected chi connectivity index (χ4v) is 3.03. The number of ether oxygens (including phenoxy) is 1. The van der Waals surface area contributed by atoms with Crippen LogP contribution in [0.2, 0.25) is 0 Å². The molecule has 1 heterocycles. The fraction of sp³-hybridized carbons (Fsp3) is 0.385. The van der Waals surface area contributed by atoms with E-state index in [0.29, 0.717) is 0 Å². The van der Waals surface area contributed by atoms with E-state index >= 15 is 0 Å². The van der Waals surface area contributed by atoms with Crippen molar-refractivity contribution in [2.75, 3.05) is 7.11 Å². The van der Waals surface area contributed by atoms with Gasteiger partial charge in [-0.3, -0.25) is 0 Å². The molecule has 0 saturated heterocycles. The van der Waals surface area contributed by atoms with Gasteiger partial charge in [0.2, 0.25) is 0 Å². The fourth-order valence-electron chi connectivity index (χ4n) is 2.23. The van der Waals surface area contributed by atoms with Crippen LogP contribution in [-0.4, -0.2) is 7.11 Å². The Hall–Kier alpha value is -1.02. The summed E-state index contributed by atoms with van der Waals surface area (Å²) in [5.74, 6) is 2.62. The van der Waals surface area contributed by atoms with Gasteiger partial charge in [0, 0.05) is 4.70 Å². The standard InChI is InChI=1S/C13H14OS/c1-8-5-10(8)11-6-9-3-4-15-13(9)7-12(11)14-2/h3-4,6-8,10H,5H2,1-2H3/t8-,10?/m1/s1. The number of benzene rings is 1. The number of rotatable bonds is 2. The van der Waals surface area contributed by atoms with E-state index in [1.807, 2.05) is 0 Å². The van der Waals surface area contributed by atoms with E-state index in [2.05, 4.69) is 30.5 Å². The van der Waals surface area contributed by atoms with Gasteiger partial charge in [0.25, 0.3) is 0 Å². The molecule has 78 valence electrons. The highest BCUT2D eigenvalue weighted by atomic mass is 32.1. The van der Waals surface area contributed by atoms with E-state index in [1.165, 1.54) is 22.1 Å². The quantitative estimate of drug-likeness (QED) is 0.739. The largest absolute Gasteiger partial charge is 0.496 e. The second-order valence-electron chi connectivity index (χ2n) is 4.37. The van der Waals surface area contributed by atoms with Crippen molar-refractivity contribution in [3.63, 3.8) is 0 Å². The van der Waals surface area contributed by atoms with Crippen LogP contribution in [0.1, 0.15) is 24.8 Å². The average molecular weight is 218 g/mol. The number of hydrogen-bond donors (Lipinski definition) is 0. The molecule has 1 aliphatic carbocycles. The van der Waals surface area contributed by atoms with Gasteiger partial charge < -0.3 is 4.74 Å². The zero-order valence-corrected chi connectivity index (χ0v) is 9.80. The minimum absolute atomic E-state index is 0.726. The number of hydrogen-bond acceptors (Lipinski definition) is 2. The molecule has 1 fully saturated rings. The summed E-state index contributed by atoms with van der Waals surface area (Å²) < 4.78 is 6.80. The summed E-state index contributed by atoms with van der Waals surface area (Å²) in [5, 5.41) is 3.50. The van der Waals surface area contributed by atoms with Crippen LogP contribution in [-0.2, 0) is 0 Å². The van der Waals surface area contributed by atoms with Crippen molar-refractivity contribution in [3.8, 4) is 5.75 Å². The smallest absolute Gasteiger partial charge is 0.123 e. The van der Waals surface area contributed by atoms with E-state index in [1.54, 1.807) is 18.4 Å².